The number of aryl methyl sites for hydroxylation is 3. The van der Waals surface area contributed by atoms with Crippen LogP contribution in [0.2, 0.25) is 0 Å². The molecule has 7 rings (SSSR count). The second kappa shape index (κ2) is 12.8. The molecule has 0 amide bonds. The van der Waals surface area contributed by atoms with E-state index in [-0.39, 0.29) is 31.9 Å². The summed E-state index contributed by atoms with van der Waals surface area (Å²) >= 11 is 0. The van der Waals surface area contributed by atoms with Crippen molar-refractivity contribution in [3.05, 3.63) is 131 Å². The first-order valence-corrected chi connectivity index (χ1v) is 16.6. The van der Waals surface area contributed by atoms with Gasteiger partial charge in [0.05, 0.1) is 11.9 Å². The summed E-state index contributed by atoms with van der Waals surface area (Å²) in [5.74, 6) is 2.06. The molecule has 0 N–H and O–H groups in total. The summed E-state index contributed by atoms with van der Waals surface area (Å²) in [6.07, 6.45) is 3.89. The van der Waals surface area contributed by atoms with Gasteiger partial charge in [-0.05, 0) is 77.7 Å². The van der Waals surface area contributed by atoms with Crippen LogP contribution in [0.3, 0.4) is 0 Å². The smallest absolute Gasteiger partial charge is 0.509 e. The molecule has 0 aliphatic carbocycles. The third kappa shape index (κ3) is 6.37. The Labute approximate surface area is 304 Å². The predicted molar refractivity (Wildman–Crippen MR) is 197 cm³/mol. The van der Waals surface area contributed by atoms with E-state index in [1.807, 2.05) is 41.3 Å². The van der Waals surface area contributed by atoms with Crippen molar-refractivity contribution < 1.29 is 25.8 Å². The van der Waals surface area contributed by atoms with Gasteiger partial charge in [-0.2, -0.15) is 17.2 Å². The summed E-state index contributed by atoms with van der Waals surface area (Å²) in [7, 11) is 0. The summed E-state index contributed by atoms with van der Waals surface area (Å²) in [6, 6.07) is 34.3. The molecule has 0 saturated heterocycles. The number of aromatic nitrogens is 4. The van der Waals surface area contributed by atoms with E-state index < -0.39 is 0 Å². The quantitative estimate of drug-likeness (QED) is 0.162. The minimum atomic E-state index is -0.176. The SMILES string of the molecule is Cc1cc(C)c(-c2cnn(-c3[c-]c(Oc4[c-]c5c(cc4)c4ccccc4n5-c4cc(C(C)(C)C)ccn4)ccc3)c2C(C)(C)C)c(C)c1.[Pt+2]. The van der Waals surface area contributed by atoms with Gasteiger partial charge in [0, 0.05) is 34.2 Å². The summed E-state index contributed by atoms with van der Waals surface area (Å²) in [5.41, 5.74) is 11.2. The van der Waals surface area contributed by atoms with Gasteiger partial charge in [-0.25, -0.2) is 4.98 Å². The van der Waals surface area contributed by atoms with E-state index in [0.717, 1.165) is 44.6 Å². The number of hydrogen-bond donors (Lipinski definition) is 0. The molecule has 49 heavy (non-hydrogen) atoms. The second-order valence-electron chi connectivity index (χ2n) is 14.9. The van der Waals surface area contributed by atoms with E-state index >= 15 is 0 Å². The van der Waals surface area contributed by atoms with Gasteiger partial charge < -0.3 is 9.30 Å². The average molecular weight is 826 g/mol. The molecule has 3 aromatic heterocycles. The number of ether oxygens (including phenoxy) is 1. The molecule has 3 heterocycles. The minimum Gasteiger partial charge on any atom is -0.509 e. The Morgan fingerprint density at radius 3 is 2.14 bits per heavy atom. The van der Waals surface area contributed by atoms with Crippen LogP contribution in [-0.4, -0.2) is 19.3 Å². The maximum atomic E-state index is 6.50. The van der Waals surface area contributed by atoms with E-state index in [1.54, 1.807) is 0 Å². The van der Waals surface area contributed by atoms with Crippen LogP contribution in [0.25, 0.3) is 44.4 Å². The fourth-order valence-electron chi connectivity index (χ4n) is 6.96. The van der Waals surface area contributed by atoms with Crippen LogP contribution in [-0.2, 0) is 31.9 Å². The average Bonchev–Trinajstić information content (AvgIpc) is 3.60. The number of fused-ring (bicyclic) bond motifs is 3. The molecular weight excluding hydrogens is 784 g/mol. The van der Waals surface area contributed by atoms with Crippen molar-refractivity contribution in [1.29, 1.82) is 0 Å². The standard InChI is InChI=1S/C43H42N4O.Pt/c1-27-21-28(2)40(29(3)22-27)36-26-45-47(41(36)43(7,8)9)31-13-12-14-32(24-31)48-33-17-18-35-34-15-10-11-16-37(34)46(38(35)25-33)39-23-30(19-20-44-39)42(4,5)6;/h10-23,26H,1-9H3;/q-2;+2. The molecular formula is C43H42N4OPt. The molecule has 0 aliphatic heterocycles. The molecule has 0 fully saturated rings. The Hall–Kier alpha value is -4.47. The van der Waals surface area contributed by atoms with Crippen LogP contribution in [0, 0.1) is 32.9 Å². The molecule has 0 saturated carbocycles. The van der Waals surface area contributed by atoms with Crippen molar-refractivity contribution in [1.82, 2.24) is 19.3 Å². The molecule has 0 aliphatic rings. The number of rotatable bonds is 5. The van der Waals surface area contributed by atoms with Gasteiger partial charge in [0.1, 0.15) is 5.82 Å². The molecule has 0 atom stereocenters. The molecule has 250 valence electrons. The molecule has 7 aromatic rings. The molecule has 0 spiro atoms. The van der Waals surface area contributed by atoms with E-state index in [9.17, 15) is 0 Å². The monoisotopic (exact) mass is 825 g/mol. The van der Waals surface area contributed by atoms with Gasteiger partial charge in [-0.15, -0.1) is 35.7 Å². The van der Waals surface area contributed by atoms with Gasteiger partial charge in [0.15, 0.2) is 0 Å². The first kappa shape index (κ1) is 34.4. The maximum Gasteiger partial charge on any atom is 2.00 e. The van der Waals surface area contributed by atoms with E-state index in [0.29, 0.717) is 11.5 Å². The van der Waals surface area contributed by atoms with Crippen LogP contribution in [0.15, 0.2) is 91.3 Å². The largest absolute Gasteiger partial charge is 2.00 e. The fraction of sp³-hybridized carbons (Fsp3) is 0.256. The number of pyridine rings is 1. The molecule has 5 nitrogen and oxygen atoms in total. The predicted octanol–water partition coefficient (Wildman–Crippen LogP) is 10.9. The van der Waals surface area contributed by atoms with Gasteiger partial charge >= 0.3 is 21.1 Å². The van der Waals surface area contributed by atoms with E-state index in [1.165, 1.54) is 27.8 Å². The van der Waals surface area contributed by atoms with Gasteiger partial charge in [-0.3, -0.25) is 4.68 Å². The first-order chi connectivity index (χ1) is 22.8. The Morgan fingerprint density at radius 2 is 1.43 bits per heavy atom. The summed E-state index contributed by atoms with van der Waals surface area (Å²) in [5, 5.41) is 7.17. The fourth-order valence-corrected chi connectivity index (χ4v) is 6.96. The topological polar surface area (TPSA) is 44.9 Å². The number of benzene rings is 4. The van der Waals surface area contributed by atoms with Gasteiger partial charge in [0.25, 0.3) is 0 Å². The molecule has 0 bridgehead atoms. The third-order valence-electron chi connectivity index (χ3n) is 9.02. The van der Waals surface area contributed by atoms with Crippen molar-refractivity contribution in [2.45, 2.75) is 73.1 Å². The normalized spacial score (nSPS) is 12.0. The maximum absolute atomic E-state index is 6.50. The first-order valence-electron chi connectivity index (χ1n) is 16.6. The molecule has 6 heteroatoms. The minimum absolute atomic E-state index is 0. The van der Waals surface area contributed by atoms with Gasteiger partial charge in [0.2, 0.25) is 0 Å². The Bertz CT molecular complexity index is 2310. The number of para-hydroxylation sites is 1. The molecule has 0 unspecified atom stereocenters. The van der Waals surface area contributed by atoms with Crippen molar-refractivity contribution >= 4 is 21.8 Å². The van der Waals surface area contributed by atoms with Crippen molar-refractivity contribution in [2.75, 3.05) is 0 Å². The zero-order valence-corrected chi connectivity index (χ0v) is 31.9. The Kier molecular flexibility index (Phi) is 8.96. The van der Waals surface area contributed by atoms with Crippen LogP contribution >= 0.6 is 0 Å². The van der Waals surface area contributed by atoms with Crippen LogP contribution in [0.4, 0.5) is 0 Å². The Balaban J connectivity index is 0.00000417. The number of nitrogens with zero attached hydrogens (tertiary/aromatic N) is 4. The summed E-state index contributed by atoms with van der Waals surface area (Å²) in [6.45, 7) is 19.9. The van der Waals surface area contributed by atoms with E-state index in [4.69, 9.17) is 14.8 Å². The molecule has 4 aromatic carbocycles. The van der Waals surface area contributed by atoms with E-state index in [2.05, 4.69) is 134 Å². The van der Waals surface area contributed by atoms with Crippen molar-refractivity contribution in [2.24, 2.45) is 0 Å². The van der Waals surface area contributed by atoms with Gasteiger partial charge in [-0.1, -0.05) is 83.0 Å². The second-order valence-corrected chi connectivity index (χ2v) is 14.9. The zero-order valence-electron chi connectivity index (χ0n) is 29.7. The third-order valence-corrected chi connectivity index (χ3v) is 9.02. The van der Waals surface area contributed by atoms with Crippen LogP contribution in [0.1, 0.15) is 69.5 Å². The Morgan fingerprint density at radius 1 is 0.714 bits per heavy atom. The van der Waals surface area contributed by atoms with Crippen molar-refractivity contribution in [3.63, 3.8) is 0 Å². The molecule has 0 radical (unpaired) electrons. The summed E-state index contributed by atoms with van der Waals surface area (Å²) in [4.78, 5) is 4.81. The van der Waals surface area contributed by atoms with Crippen LogP contribution in [0.5, 0.6) is 11.5 Å². The summed E-state index contributed by atoms with van der Waals surface area (Å²) < 4.78 is 10.7. The van der Waals surface area contributed by atoms with Crippen molar-refractivity contribution in [3.8, 4) is 34.1 Å². The zero-order chi connectivity index (χ0) is 34.0. The van der Waals surface area contributed by atoms with Crippen LogP contribution < -0.4 is 4.74 Å². The number of hydrogen-bond acceptors (Lipinski definition) is 3.